The van der Waals surface area contributed by atoms with Crippen LogP contribution in [0.15, 0.2) is 16.5 Å². The van der Waals surface area contributed by atoms with Gasteiger partial charge in [-0.25, -0.2) is 15.8 Å². The van der Waals surface area contributed by atoms with Crippen LogP contribution in [0.3, 0.4) is 0 Å². The van der Waals surface area contributed by atoms with Crippen molar-refractivity contribution in [3.05, 3.63) is 21.6 Å². The standard InChI is InChI=1S/C10H18N8O7/c11-3(7(12)18(23)24)4(16-10(13)14)8(22)17(15)9-6(21)5(20)2(1-19)25-9/h2,5-6,9,19-21H,1,11-12,15H2,(H3,13,14)/b7-3-,16-4-. The van der Waals surface area contributed by atoms with E-state index in [1.165, 1.54) is 0 Å². The topological polar surface area (TPSA) is 274 Å². The Morgan fingerprint density at radius 3 is 2.28 bits per heavy atom. The Morgan fingerprint density at radius 2 is 1.88 bits per heavy atom. The Hall–Kier alpha value is -2.85. The summed E-state index contributed by atoms with van der Waals surface area (Å²) in [6.07, 6.45) is -6.13. The van der Waals surface area contributed by atoms with Crippen LogP contribution in [-0.4, -0.2) is 74.0 Å². The van der Waals surface area contributed by atoms with Crippen LogP contribution in [-0.2, 0) is 9.53 Å². The number of amides is 1. The number of aliphatic imine (C=N–C) groups is 1. The second kappa shape index (κ2) is 7.81. The molecule has 140 valence electrons. The van der Waals surface area contributed by atoms with E-state index in [1.807, 2.05) is 0 Å². The maximum atomic E-state index is 12.4. The van der Waals surface area contributed by atoms with Gasteiger partial charge < -0.3 is 41.6 Å². The molecule has 1 fully saturated rings. The van der Waals surface area contributed by atoms with Crippen LogP contribution in [0, 0.1) is 15.5 Å². The van der Waals surface area contributed by atoms with Gasteiger partial charge in [0.15, 0.2) is 17.6 Å². The van der Waals surface area contributed by atoms with Gasteiger partial charge in [0.05, 0.1) is 6.61 Å². The quantitative estimate of drug-likeness (QED) is 0.0571. The van der Waals surface area contributed by atoms with Gasteiger partial charge in [0.25, 0.3) is 5.91 Å². The maximum Gasteiger partial charge on any atom is 0.339 e. The first-order valence-corrected chi connectivity index (χ1v) is 6.56. The summed E-state index contributed by atoms with van der Waals surface area (Å²) in [6, 6.07) is 0. The highest BCUT2D eigenvalue weighted by Crippen LogP contribution is 2.22. The fourth-order valence-corrected chi connectivity index (χ4v) is 1.91. The first-order chi connectivity index (χ1) is 11.5. The molecule has 4 unspecified atom stereocenters. The molecule has 0 aliphatic carbocycles. The molecule has 12 N–H and O–H groups in total. The molecule has 1 saturated heterocycles. The van der Waals surface area contributed by atoms with E-state index in [1.54, 1.807) is 0 Å². The molecule has 1 heterocycles. The highest BCUT2D eigenvalue weighted by molar-refractivity contribution is 6.46. The van der Waals surface area contributed by atoms with Crippen molar-refractivity contribution in [3.63, 3.8) is 0 Å². The molecule has 25 heavy (non-hydrogen) atoms. The summed E-state index contributed by atoms with van der Waals surface area (Å²) in [6.45, 7) is -0.679. The summed E-state index contributed by atoms with van der Waals surface area (Å²) in [4.78, 5) is 25.2. The van der Waals surface area contributed by atoms with Gasteiger partial charge in [-0.15, -0.1) is 0 Å². The third kappa shape index (κ3) is 4.17. The molecule has 0 saturated carbocycles. The number of carbonyl (C=O) groups excluding carboxylic acids is 1. The Bertz CT molecular complexity index is 635. The fraction of sp³-hybridized carbons (Fsp3) is 0.500. The van der Waals surface area contributed by atoms with Crippen LogP contribution in [0.5, 0.6) is 0 Å². The minimum absolute atomic E-state index is 0.228. The number of rotatable bonds is 5. The van der Waals surface area contributed by atoms with Crippen molar-refractivity contribution in [2.24, 2.45) is 28.0 Å². The number of hydrazine groups is 1. The molecule has 1 aliphatic heterocycles. The van der Waals surface area contributed by atoms with Crippen LogP contribution in [0.25, 0.3) is 0 Å². The van der Waals surface area contributed by atoms with Gasteiger partial charge in [-0.1, -0.05) is 0 Å². The molecule has 0 radical (unpaired) electrons. The summed E-state index contributed by atoms with van der Waals surface area (Å²) in [7, 11) is 0. The maximum absolute atomic E-state index is 12.4. The monoisotopic (exact) mass is 362 g/mol. The highest BCUT2D eigenvalue weighted by Gasteiger charge is 2.47. The molecule has 1 rings (SSSR count). The number of hydrogen-bond donors (Lipinski definition) is 8. The molecule has 15 heteroatoms. The van der Waals surface area contributed by atoms with Gasteiger partial charge in [-0.3, -0.25) is 15.9 Å². The van der Waals surface area contributed by atoms with Crippen LogP contribution in [0.1, 0.15) is 0 Å². The highest BCUT2D eigenvalue weighted by atomic mass is 16.6. The average molecular weight is 362 g/mol. The van der Waals surface area contributed by atoms with Crippen LogP contribution >= 0.6 is 0 Å². The van der Waals surface area contributed by atoms with Gasteiger partial charge in [0.2, 0.25) is 5.96 Å². The molecule has 0 spiro atoms. The minimum Gasteiger partial charge on any atom is -0.394 e. The van der Waals surface area contributed by atoms with E-state index >= 15 is 0 Å². The number of nitrogens with zero attached hydrogens (tertiary/aromatic N) is 3. The number of aliphatic hydroxyl groups excluding tert-OH is 3. The van der Waals surface area contributed by atoms with Gasteiger partial charge in [0, 0.05) is 0 Å². The number of ether oxygens (including phenoxy) is 1. The zero-order valence-electron chi connectivity index (χ0n) is 12.6. The zero-order valence-corrected chi connectivity index (χ0v) is 12.6. The molecule has 1 amide bonds. The van der Waals surface area contributed by atoms with Crippen molar-refractivity contribution in [3.8, 4) is 0 Å². The summed E-state index contributed by atoms with van der Waals surface area (Å²) >= 11 is 0. The van der Waals surface area contributed by atoms with Crippen molar-refractivity contribution in [2.75, 3.05) is 6.61 Å². The van der Waals surface area contributed by atoms with Crippen molar-refractivity contribution in [1.29, 1.82) is 5.41 Å². The third-order valence-electron chi connectivity index (χ3n) is 3.19. The molecule has 0 aromatic rings. The number of guanidine groups is 1. The number of carbonyl (C=O) groups is 1. The first-order valence-electron chi connectivity index (χ1n) is 6.56. The fourth-order valence-electron chi connectivity index (χ4n) is 1.91. The van der Waals surface area contributed by atoms with E-state index in [0.717, 1.165) is 0 Å². The smallest absolute Gasteiger partial charge is 0.339 e. The average Bonchev–Trinajstić information content (AvgIpc) is 2.84. The molecule has 4 atom stereocenters. The molecule has 15 nitrogen and oxygen atoms in total. The Labute approximate surface area is 139 Å². The van der Waals surface area contributed by atoms with Crippen LogP contribution in [0.4, 0.5) is 0 Å². The molecular formula is C10H18N8O7. The molecule has 0 aromatic heterocycles. The predicted molar refractivity (Wildman–Crippen MR) is 80.5 cm³/mol. The van der Waals surface area contributed by atoms with Crippen molar-refractivity contribution >= 4 is 17.6 Å². The SMILES string of the molecule is N=C(N)/N=C(C(=O)N(N)C1OC(CO)C(O)C1O)/C(N)=C(\N)[N+](=O)[O-]. The van der Waals surface area contributed by atoms with E-state index in [-0.39, 0.29) is 5.01 Å². The van der Waals surface area contributed by atoms with Gasteiger partial charge in [-0.05, 0) is 4.92 Å². The van der Waals surface area contributed by atoms with Crippen molar-refractivity contribution < 1.29 is 29.8 Å². The number of aliphatic hydroxyl groups is 3. The zero-order chi connectivity index (χ0) is 19.5. The minimum atomic E-state index is -1.71. The molecule has 1 aliphatic rings. The number of hydrogen-bond acceptors (Lipinski definition) is 11. The second-order valence-electron chi connectivity index (χ2n) is 4.84. The van der Waals surface area contributed by atoms with E-state index < -0.39 is 65.2 Å². The Morgan fingerprint density at radius 1 is 1.32 bits per heavy atom. The molecular weight excluding hydrogens is 344 g/mol. The van der Waals surface area contributed by atoms with Gasteiger partial charge in [-0.2, -0.15) is 0 Å². The van der Waals surface area contributed by atoms with Crippen LogP contribution in [0.2, 0.25) is 0 Å². The van der Waals surface area contributed by atoms with E-state index in [9.17, 15) is 25.1 Å². The summed E-state index contributed by atoms with van der Waals surface area (Å²) in [5.41, 5.74) is 13.7. The summed E-state index contributed by atoms with van der Waals surface area (Å²) in [5.74, 6) is 2.08. The summed E-state index contributed by atoms with van der Waals surface area (Å²) in [5, 5.41) is 46.5. The lowest BCUT2D eigenvalue weighted by Crippen LogP contribution is -2.54. The summed E-state index contributed by atoms with van der Waals surface area (Å²) < 4.78 is 5.03. The van der Waals surface area contributed by atoms with Crippen LogP contribution < -0.4 is 23.0 Å². The molecule has 0 bridgehead atoms. The second-order valence-corrected chi connectivity index (χ2v) is 4.84. The van der Waals surface area contributed by atoms with E-state index in [2.05, 4.69) is 4.99 Å². The Kier molecular flexibility index (Phi) is 6.31. The van der Waals surface area contributed by atoms with Crippen molar-refractivity contribution in [2.45, 2.75) is 24.5 Å². The van der Waals surface area contributed by atoms with E-state index in [0.29, 0.717) is 0 Å². The lowest BCUT2D eigenvalue weighted by Gasteiger charge is -2.26. The largest absolute Gasteiger partial charge is 0.394 e. The van der Waals surface area contributed by atoms with Gasteiger partial charge in [0.1, 0.15) is 18.3 Å². The lowest BCUT2D eigenvalue weighted by molar-refractivity contribution is -0.427. The predicted octanol–water partition coefficient (Wildman–Crippen LogP) is -5.17. The Balaban J connectivity index is 3.21. The third-order valence-corrected chi connectivity index (χ3v) is 3.19. The normalized spacial score (nSPS) is 27.6. The van der Waals surface area contributed by atoms with Gasteiger partial charge >= 0.3 is 5.82 Å². The first kappa shape index (κ1) is 20.2. The van der Waals surface area contributed by atoms with Crippen molar-refractivity contribution in [1.82, 2.24) is 5.01 Å². The van der Waals surface area contributed by atoms with E-state index in [4.69, 9.17) is 38.3 Å². The number of nitrogens with two attached hydrogens (primary N) is 4. The molecule has 0 aromatic carbocycles. The number of nitro groups is 1. The lowest BCUT2D eigenvalue weighted by atomic mass is 10.1. The number of nitrogens with one attached hydrogen (secondary N) is 1.